The van der Waals surface area contributed by atoms with E-state index in [1.54, 1.807) is 6.07 Å². The van der Waals surface area contributed by atoms with Crippen LogP contribution in [0.25, 0.3) is 0 Å². The fourth-order valence-electron chi connectivity index (χ4n) is 1.35. The van der Waals surface area contributed by atoms with E-state index in [1.165, 1.54) is 22.1 Å². The number of rotatable bonds is 2. The Labute approximate surface area is 107 Å². The average molecular weight is 297 g/mol. The first kappa shape index (κ1) is 12.2. The van der Waals surface area contributed by atoms with Crippen molar-refractivity contribution in [3.8, 4) is 0 Å². The summed E-state index contributed by atoms with van der Waals surface area (Å²) >= 11 is 8.15. The number of sulfonamides is 1. The highest BCUT2D eigenvalue weighted by atomic mass is 35.5. The third kappa shape index (κ3) is 2.09. The monoisotopic (exact) mass is 296 g/mol. The normalized spacial score (nSPS) is 16.6. The smallest absolute Gasteiger partial charge is 0.260 e. The maximum atomic E-state index is 12.2. The Kier molecular flexibility index (Phi) is 3.48. The third-order valence-electron chi connectivity index (χ3n) is 2.04. The van der Waals surface area contributed by atoms with Crippen molar-refractivity contribution < 1.29 is 8.42 Å². The summed E-state index contributed by atoms with van der Waals surface area (Å²) < 4.78 is 26.5. The molecule has 16 heavy (non-hydrogen) atoms. The lowest BCUT2D eigenvalue weighted by Gasteiger charge is -2.17. The number of hydrogen-bond acceptors (Lipinski definition) is 5. The van der Waals surface area contributed by atoms with Gasteiger partial charge in [0, 0.05) is 0 Å². The molecule has 1 aromatic rings. The van der Waals surface area contributed by atoms with Crippen molar-refractivity contribution in [1.82, 2.24) is 4.31 Å². The Hall–Kier alpha value is -0.240. The highest BCUT2D eigenvalue weighted by Gasteiger charge is 2.31. The van der Waals surface area contributed by atoms with E-state index in [0.717, 1.165) is 11.3 Å². The van der Waals surface area contributed by atoms with Gasteiger partial charge < -0.3 is 0 Å². The highest BCUT2D eigenvalue weighted by Crippen LogP contribution is 2.30. The molecular formula is C8H9ClN2O2S3. The van der Waals surface area contributed by atoms with Crippen molar-refractivity contribution >= 4 is 49.9 Å². The molecule has 0 saturated heterocycles. The first-order chi connectivity index (χ1) is 7.55. The number of thiophene rings is 1. The first-order valence-corrected chi connectivity index (χ1v) is 8.28. The second-order valence-electron chi connectivity index (χ2n) is 3.00. The molecule has 0 bridgehead atoms. The summed E-state index contributed by atoms with van der Waals surface area (Å²) in [7, 11) is -3.46. The Morgan fingerprint density at radius 3 is 2.88 bits per heavy atom. The van der Waals surface area contributed by atoms with E-state index in [9.17, 15) is 8.42 Å². The summed E-state index contributed by atoms with van der Waals surface area (Å²) in [5.41, 5.74) is 0. The lowest BCUT2D eigenvalue weighted by atomic mass is 10.7. The maximum absolute atomic E-state index is 12.2. The fourth-order valence-corrected chi connectivity index (χ4v) is 5.30. The molecule has 1 aliphatic rings. The van der Waals surface area contributed by atoms with Crippen LogP contribution in [0.4, 0.5) is 0 Å². The van der Waals surface area contributed by atoms with Crippen molar-refractivity contribution in [2.45, 2.75) is 4.21 Å². The largest absolute Gasteiger partial charge is 0.275 e. The lowest BCUT2D eigenvalue weighted by molar-refractivity contribution is 0.542. The minimum absolute atomic E-state index is 0.265. The van der Waals surface area contributed by atoms with Gasteiger partial charge in [-0.15, -0.1) is 11.3 Å². The molecule has 1 aromatic heterocycles. The molecule has 0 aromatic carbocycles. The van der Waals surface area contributed by atoms with Gasteiger partial charge in [-0.1, -0.05) is 23.4 Å². The predicted octanol–water partition coefficient (Wildman–Crippen LogP) is 2.12. The number of thioether (sulfide) groups is 1. The Morgan fingerprint density at radius 2 is 2.31 bits per heavy atom. The predicted molar refractivity (Wildman–Crippen MR) is 69.0 cm³/mol. The van der Waals surface area contributed by atoms with Crippen molar-refractivity contribution in [1.29, 1.82) is 0 Å². The first-order valence-electron chi connectivity index (χ1n) is 4.42. The number of aliphatic imine (C=N–C) groups is 1. The van der Waals surface area contributed by atoms with E-state index in [2.05, 4.69) is 4.99 Å². The molecule has 2 rings (SSSR count). The summed E-state index contributed by atoms with van der Waals surface area (Å²) in [5, 5.41) is 0.546. The van der Waals surface area contributed by atoms with Crippen molar-refractivity contribution in [2.75, 3.05) is 19.3 Å². The number of nitrogens with zero attached hydrogens (tertiary/aromatic N) is 2. The van der Waals surface area contributed by atoms with Crippen LogP contribution in [0, 0.1) is 0 Å². The van der Waals surface area contributed by atoms with Gasteiger partial charge in [-0.05, 0) is 18.4 Å². The molecule has 0 radical (unpaired) electrons. The van der Waals surface area contributed by atoms with Crippen molar-refractivity contribution in [3.05, 3.63) is 16.5 Å². The van der Waals surface area contributed by atoms with Crippen LogP contribution < -0.4 is 0 Å². The maximum Gasteiger partial charge on any atom is 0.275 e. The molecule has 0 amide bonds. The molecule has 0 aliphatic carbocycles. The summed E-state index contributed by atoms with van der Waals surface area (Å²) in [4.78, 5) is 4.13. The van der Waals surface area contributed by atoms with Crippen LogP contribution in [-0.4, -0.2) is 37.2 Å². The number of hydrogen-bond donors (Lipinski definition) is 0. The standard InChI is InChI=1S/C8H9ClN2O2S3/c1-14-8-10-4-5-11(8)16(12,13)7-3-2-6(9)15-7/h2-3H,4-5H2,1H3. The topological polar surface area (TPSA) is 49.7 Å². The van der Waals surface area contributed by atoms with Gasteiger partial charge in [0.15, 0.2) is 5.17 Å². The summed E-state index contributed by atoms with van der Waals surface area (Å²) in [6.07, 6.45) is 1.81. The molecular weight excluding hydrogens is 288 g/mol. The van der Waals surface area contributed by atoms with E-state index in [4.69, 9.17) is 11.6 Å². The van der Waals surface area contributed by atoms with E-state index >= 15 is 0 Å². The van der Waals surface area contributed by atoms with Crippen LogP contribution in [0.15, 0.2) is 21.3 Å². The van der Waals surface area contributed by atoms with Crippen molar-refractivity contribution in [2.24, 2.45) is 4.99 Å². The van der Waals surface area contributed by atoms with Crippen molar-refractivity contribution in [3.63, 3.8) is 0 Å². The lowest BCUT2D eigenvalue weighted by Crippen LogP contribution is -2.32. The van der Waals surface area contributed by atoms with E-state index in [1.807, 2.05) is 6.26 Å². The Balaban J connectivity index is 2.37. The van der Waals surface area contributed by atoms with Gasteiger partial charge in [0.2, 0.25) is 0 Å². The van der Waals surface area contributed by atoms with E-state index in [-0.39, 0.29) is 4.21 Å². The van der Waals surface area contributed by atoms with Crippen LogP contribution in [0.2, 0.25) is 4.34 Å². The Morgan fingerprint density at radius 1 is 1.56 bits per heavy atom. The zero-order valence-electron chi connectivity index (χ0n) is 8.38. The zero-order chi connectivity index (χ0) is 11.8. The minimum atomic E-state index is -3.46. The molecule has 0 unspecified atom stereocenters. The van der Waals surface area contributed by atoms with E-state index in [0.29, 0.717) is 22.6 Å². The van der Waals surface area contributed by atoms with E-state index < -0.39 is 10.0 Å². The van der Waals surface area contributed by atoms with Crippen LogP contribution in [-0.2, 0) is 10.0 Å². The molecule has 8 heteroatoms. The highest BCUT2D eigenvalue weighted by molar-refractivity contribution is 8.14. The molecule has 4 nitrogen and oxygen atoms in total. The van der Waals surface area contributed by atoms with Crippen LogP contribution >= 0.6 is 34.7 Å². The average Bonchev–Trinajstić information content (AvgIpc) is 2.85. The molecule has 88 valence electrons. The summed E-state index contributed by atoms with van der Waals surface area (Å²) in [6, 6.07) is 3.11. The van der Waals surface area contributed by atoms with Gasteiger partial charge in [0.05, 0.1) is 17.4 Å². The van der Waals surface area contributed by atoms with Crippen LogP contribution in [0.3, 0.4) is 0 Å². The van der Waals surface area contributed by atoms with Gasteiger partial charge in [0.1, 0.15) is 4.21 Å². The third-order valence-corrected chi connectivity index (χ3v) is 6.36. The molecule has 2 heterocycles. The number of amidine groups is 1. The SMILES string of the molecule is CSC1=NCCN1S(=O)(=O)c1ccc(Cl)s1. The minimum Gasteiger partial charge on any atom is -0.260 e. The second kappa shape index (κ2) is 4.56. The number of halogens is 1. The molecule has 0 N–H and O–H groups in total. The zero-order valence-corrected chi connectivity index (χ0v) is 11.6. The summed E-state index contributed by atoms with van der Waals surface area (Å²) in [6.45, 7) is 0.933. The van der Waals surface area contributed by atoms with Crippen LogP contribution in [0.5, 0.6) is 0 Å². The molecule has 0 spiro atoms. The molecule has 0 fully saturated rings. The quantitative estimate of drug-likeness (QED) is 0.840. The van der Waals surface area contributed by atoms with Crippen LogP contribution in [0.1, 0.15) is 0 Å². The van der Waals surface area contributed by atoms with Gasteiger partial charge in [-0.3, -0.25) is 4.99 Å². The molecule has 1 aliphatic heterocycles. The fraction of sp³-hybridized carbons (Fsp3) is 0.375. The Bertz CT molecular complexity index is 523. The van der Waals surface area contributed by atoms with Gasteiger partial charge in [-0.2, -0.15) is 0 Å². The van der Waals surface area contributed by atoms with Gasteiger partial charge in [0.25, 0.3) is 10.0 Å². The molecule has 0 saturated carbocycles. The summed E-state index contributed by atoms with van der Waals surface area (Å²) in [5.74, 6) is 0. The van der Waals surface area contributed by atoms with Gasteiger partial charge >= 0.3 is 0 Å². The second-order valence-corrected chi connectivity index (χ2v) is 7.58. The molecule has 0 atom stereocenters. The van der Waals surface area contributed by atoms with Gasteiger partial charge in [-0.25, -0.2) is 12.7 Å².